The number of aromatic nitrogens is 2. The lowest BCUT2D eigenvalue weighted by molar-refractivity contribution is -0.138. The van der Waals surface area contributed by atoms with Crippen LogP contribution in [-0.4, -0.2) is 69.6 Å². The van der Waals surface area contributed by atoms with Crippen molar-refractivity contribution in [3.8, 4) is 22.4 Å². The number of carbonyl (C=O) groups is 2. The van der Waals surface area contributed by atoms with Gasteiger partial charge in [0.2, 0.25) is 11.9 Å². The van der Waals surface area contributed by atoms with Crippen molar-refractivity contribution in [2.45, 2.75) is 58.1 Å². The Bertz CT molecular complexity index is 1410. The number of piperidine rings is 2. The van der Waals surface area contributed by atoms with Gasteiger partial charge in [-0.3, -0.25) is 4.79 Å². The summed E-state index contributed by atoms with van der Waals surface area (Å²) in [4.78, 5) is 38.3. The summed E-state index contributed by atoms with van der Waals surface area (Å²) in [6.45, 7) is 7.94. The summed E-state index contributed by atoms with van der Waals surface area (Å²) in [6, 6.07) is 14.3. The van der Waals surface area contributed by atoms with Crippen molar-refractivity contribution >= 4 is 29.5 Å². The largest absolute Gasteiger partial charge is 0.444 e. The van der Waals surface area contributed by atoms with Gasteiger partial charge in [0.1, 0.15) is 11.4 Å². The molecule has 2 aliphatic heterocycles. The van der Waals surface area contributed by atoms with E-state index in [1.165, 1.54) is 12.1 Å². The highest BCUT2D eigenvalue weighted by atomic mass is 35.5. The number of nitrogens with one attached hydrogen (secondary N) is 1. The number of nitrogens with zero attached hydrogens (tertiary/aromatic N) is 4. The molecule has 2 amide bonds. The molecule has 8 nitrogen and oxygen atoms in total. The summed E-state index contributed by atoms with van der Waals surface area (Å²) in [7, 11) is 0. The number of rotatable bonds is 5. The number of carbonyl (C=O) groups excluding carboxylic acids is 2. The van der Waals surface area contributed by atoms with Crippen molar-refractivity contribution in [1.29, 1.82) is 0 Å². The van der Waals surface area contributed by atoms with Crippen molar-refractivity contribution in [2.24, 2.45) is 5.92 Å². The van der Waals surface area contributed by atoms with E-state index in [9.17, 15) is 14.0 Å². The third-order valence-corrected chi connectivity index (χ3v) is 7.97. The molecule has 222 valence electrons. The zero-order valence-electron chi connectivity index (χ0n) is 24.3. The van der Waals surface area contributed by atoms with Gasteiger partial charge in [0, 0.05) is 43.7 Å². The van der Waals surface area contributed by atoms with Crippen LogP contribution in [0.4, 0.5) is 15.1 Å². The van der Waals surface area contributed by atoms with Crippen LogP contribution < -0.4 is 5.32 Å². The molecular formula is C32H37ClFN5O3. The van der Waals surface area contributed by atoms with Gasteiger partial charge in [-0.1, -0.05) is 41.9 Å². The van der Waals surface area contributed by atoms with Crippen molar-refractivity contribution in [2.75, 3.05) is 31.5 Å². The molecule has 10 heteroatoms. The minimum absolute atomic E-state index is 0.0685. The molecule has 0 radical (unpaired) electrons. The normalized spacial score (nSPS) is 16.8. The second-order valence-corrected chi connectivity index (χ2v) is 12.4. The average molecular weight is 594 g/mol. The molecule has 2 fully saturated rings. The summed E-state index contributed by atoms with van der Waals surface area (Å²) < 4.78 is 18.9. The van der Waals surface area contributed by atoms with Gasteiger partial charge < -0.3 is 19.9 Å². The molecular weight excluding hydrogens is 557 g/mol. The van der Waals surface area contributed by atoms with Crippen LogP contribution in [0.25, 0.3) is 22.4 Å². The maximum Gasteiger partial charge on any atom is 0.410 e. The van der Waals surface area contributed by atoms with E-state index in [2.05, 4.69) is 10.3 Å². The Morgan fingerprint density at radius 1 is 0.929 bits per heavy atom. The lowest BCUT2D eigenvalue weighted by atomic mass is 9.94. The molecule has 3 heterocycles. The standard InChI is InChI=1S/C32H37ClFN5O3/c1-32(2,3)42-31(41)39-15-11-22(12-16-39)29(40)38-17-13-26(14-18-38)36-30-35-20-27(33)28(37-30)24-6-4-5-23(19-24)21-7-9-25(34)10-8-21/h4-10,19-20,22,26H,11-18H2,1-3H3,(H,35,36,37). The summed E-state index contributed by atoms with van der Waals surface area (Å²) >= 11 is 6.50. The van der Waals surface area contributed by atoms with Crippen LogP contribution in [-0.2, 0) is 9.53 Å². The number of amides is 2. The quantitative estimate of drug-likeness (QED) is 0.356. The van der Waals surface area contributed by atoms with E-state index in [1.54, 1.807) is 23.2 Å². The summed E-state index contributed by atoms with van der Waals surface area (Å²) in [5.41, 5.74) is 2.76. The van der Waals surface area contributed by atoms with Crippen molar-refractivity contribution < 1.29 is 18.7 Å². The molecule has 5 rings (SSSR count). The molecule has 0 unspecified atom stereocenters. The fourth-order valence-corrected chi connectivity index (χ4v) is 5.65. The minimum atomic E-state index is -0.531. The number of halogens is 2. The van der Waals surface area contributed by atoms with Gasteiger partial charge in [0.25, 0.3) is 0 Å². The molecule has 0 aliphatic carbocycles. The Balaban J connectivity index is 1.15. The maximum atomic E-state index is 13.4. The zero-order valence-corrected chi connectivity index (χ0v) is 25.0. The predicted molar refractivity (Wildman–Crippen MR) is 162 cm³/mol. The molecule has 0 saturated carbocycles. The van der Waals surface area contributed by atoms with Crippen LogP contribution in [0.5, 0.6) is 0 Å². The summed E-state index contributed by atoms with van der Waals surface area (Å²) in [5.74, 6) is 0.311. The second kappa shape index (κ2) is 12.7. The number of anilines is 1. The fourth-order valence-electron chi connectivity index (χ4n) is 5.45. The molecule has 3 aromatic rings. The third kappa shape index (κ3) is 7.37. The first-order valence-electron chi connectivity index (χ1n) is 14.5. The first kappa shape index (κ1) is 29.8. The van der Waals surface area contributed by atoms with Gasteiger partial charge >= 0.3 is 6.09 Å². The Kier molecular flexibility index (Phi) is 8.96. The van der Waals surface area contributed by atoms with E-state index >= 15 is 0 Å². The average Bonchev–Trinajstić information content (AvgIpc) is 2.98. The fraction of sp³-hybridized carbons (Fsp3) is 0.438. The molecule has 1 N–H and O–H groups in total. The van der Waals surface area contributed by atoms with Gasteiger partial charge in [-0.2, -0.15) is 0 Å². The highest BCUT2D eigenvalue weighted by Gasteiger charge is 2.33. The minimum Gasteiger partial charge on any atom is -0.444 e. The van der Waals surface area contributed by atoms with Gasteiger partial charge in [-0.15, -0.1) is 0 Å². The number of likely N-dealkylation sites (tertiary alicyclic amines) is 2. The Hall–Kier alpha value is -3.72. The number of ether oxygens (including phenoxy) is 1. The second-order valence-electron chi connectivity index (χ2n) is 12.0. The molecule has 2 aliphatic rings. The summed E-state index contributed by atoms with van der Waals surface area (Å²) in [6.07, 6.45) is 4.15. The van der Waals surface area contributed by atoms with Gasteiger partial charge in [0.05, 0.1) is 16.9 Å². The lowest BCUT2D eigenvalue weighted by Crippen LogP contribution is -2.48. The van der Waals surface area contributed by atoms with Crippen molar-refractivity contribution in [3.63, 3.8) is 0 Å². The van der Waals surface area contributed by atoms with Crippen LogP contribution in [0, 0.1) is 11.7 Å². The molecule has 0 bridgehead atoms. The Labute approximate surface area is 251 Å². The van der Waals surface area contributed by atoms with Crippen molar-refractivity contribution in [3.05, 3.63) is 65.6 Å². The highest BCUT2D eigenvalue weighted by Crippen LogP contribution is 2.31. The van der Waals surface area contributed by atoms with Crippen LogP contribution in [0.3, 0.4) is 0 Å². The molecule has 2 aromatic carbocycles. The maximum absolute atomic E-state index is 13.4. The van der Waals surface area contributed by atoms with Gasteiger partial charge in [-0.05, 0) is 75.8 Å². The van der Waals surface area contributed by atoms with E-state index in [4.69, 9.17) is 21.3 Å². The van der Waals surface area contributed by atoms with Crippen molar-refractivity contribution in [1.82, 2.24) is 19.8 Å². The molecule has 42 heavy (non-hydrogen) atoms. The van der Waals surface area contributed by atoms with Crippen LogP contribution in [0.15, 0.2) is 54.7 Å². The third-order valence-electron chi connectivity index (χ3n) is 7.69. The number of hydrogen-bond donors (Lipinski definition) is 1. The SMILES string of the molecule is CC(C)(C)OC(=O)N1CCC(C(=O)N2CCC(Nc3ncc(Cl)c(-c4cccc(-c5ccc(F)cc5)c4)n3)CC2)CC1. The molecule has 1 aromatic heterocycles. The molecule has 0 spiro atoms. The van der Waals surface area contributed by atoms with Gasteiger partial charge in [-0.25, -0.2) is 19.2 Å². The van der Waals surface area contributed by atoms with Crippen LogP contribution in [0.2, 0.25) is 5.02 Å². The summed E-state index contributed by atoms with van der Waals surface area (Å²) in [5, 5.41) is 3.87. The van der Waals surface area contributed by atoms with Crippen LogP contribution in [0.1, 0.15) is 46.5 Å². The van der Waals surface area contributed by atoms with Crippen LogP contribution >= 0.6 is 11.6 Å². The number of benzene rings is 2. The monoisotopic (exact) mass is 593 g/mol. The highest BCUT2D eigenvalue weighted by molar-refractivity contribution is 6.32. The van der Waals surface area contributed by atoms with E-state index in [0.717, 1.165) is 29.5 Å². The lowest BCUT2D eigenvalue weighted by Gasteiger charge is -2.37. The molecule has 2 saturated heterocycles. The Morgan fingerprint density at radius 2 is 1.57 bits per heavy atom. The van der Waals surface area contributed by atoms with E-state index < -0.39 is 5.60 Å². The zero-order chi connectivity index (χ0) is 29.9. The number of hydrogen-bond acceptors (Lipinski definition) is 6. The Morgan fingerprint density at radius 3 is 2.24 bits per heavy atom. The molecule has 0 atom stereocenters. The van der Waals surface area contributed by atoms with Gasteiger partial charge in [0.15, 0.2) is 0 Å². The predicted octanol–water partition coefficient (Wildman–Crippen LogP) is 6.65. The van der Waals surface area contributed by atoms with E-state index in [-0.39, 0.29) is 29.8 Å². The topological polar surface area (TPSA) is 87.7 Å². The van der Waals surface area contributed by atoms with E-state index in [1.807, 2.05) is 49.9 Å². The first-order valence-corrected chi connectivity index (χ1v) is 14.9. The van der Waals surface area contributed by atoms with E-state index in [0.29, 0.717) is 55.7 Å². The smallest absolute Gasteiger partial charge is 0.410 e. The first-order chi connectivity index (χ1) is 20.1.